The van der Waals surface area contributed by atoms with Crippen LogP contribution < -0.4 is 5.73 Å². The minimum atomic E-state index is 0.326. The molecule has 0 aromatic carbocycles. The van der Waals surface area contributed by atoms with Gasteiger partial charge in [0.2, 0.25) is 0 Å². The third-order valence-electron chi connectivity index (χ3n) is 1.98. The summed E-state index contributed by atoms with van der Waals surface area (Å²) in [5.74, 6) is 0.625. The smallest absolute Gasteiger partial charge is 0.00419 e. The predicted molar refractivity (Wildman–Crippen MR) is 46.6 cm³/mol. The quantitative estimate of drug-likeness (QED) is 0.603. The van der Waals surface area contributed by atoms with Gasteiger partial charge in [-0.15, -0.1) is 9.24 Å². The van der Waals surface area contributed by atoms with Crippen LogP contribution in [0.25, 0.3) is 0 Å². The van der Waals surface area contributed by atoms with Crippen LogP contribution in [-0.2, 0) is 0 Å². The first-order valence-electron chi connectivity index (χ1n) is 3.60. The van der Waals surface area contributed by atoms with Gasteiger partial charge in [-0.2, -0.15) is 0 Å². The van der Waals surface area contributed by atoms with E-state index in [-0.39, 0.29) is 0 Å². The number of hydrogen-bond acceptors (Lipinski definition) is 1. The molecule has 0 rings (SSSR count). The monoisotopic (exact) mass is 147 g/mol. The van der Waals surface area contributed by atoms with Crippen molar-refractivity contribution in [2.24, 2.45) is 11.7 Å². The first kappa shape index (κ1) is 9.39. The third kappa shape index (κ3) is 3.17. The highest BCUT2D eigenvalue weighted by Gasteiger charge is 2.13. The highest BCUT2D eigenvalue weighted by molar-refractivity contribution is 7.17. The number of hydrogen-bond donors (Lipinski definition) is 1. The second-order valence-corrected chi connectivity index (χ2v) is 3.65. The summed E-state index contributed by atoms with van der Waals surface area (Å²) in [7, 11) is 2.84. The first-order chi connectivity index (χ1) is 4.09. The van der Waals surface area contributed by atoms with E-state index >= 15 is 0 Å². The van der Waals surface area contributed by atoms with Crippen LogP contribution in [-0.4, -0.2) is 11.7 Å². The molecule has 9 heavy (non-hydrogen) atoms. The Kier molecular flexibility index (Phi) is 4.43. The zero-order chi connectivity index (χ0) is 7.44. The Hall–Kier alpha value is 0.390. The molecule has 0 aromatic heterocycles. The van der Waals surface area contributed by atoms with Gasteiger partial charge in [-0.25, -0.2) is 0 Å². The summed E-state index contributed by atoms with van der Waals surface area (Å²) in [6.07, 6.45) is 1.20. The molecule has 0 saturated carbocycles. The lowest BCUT2D eigenvalue weighted by Gasteiger charge is -2.21. The first-order valence-corrected chi connectivity index (χ1v) is 4.27. The van der Waals surface area contributed by atoms with Crippen LogP contribution in [0.1, 0.15) is 27.2 Å². The SMILES string of the molecule is CCC(P)C(C)C(C)N. The van der Waals surface area contributed by atoms with E-state index in [1.165, 1.54) is 6.42 Å². The Morgan fingerprint density at radius 3 is 2.00 bits per heavy atom. The van der Waals surface area contributed by atoms with E-state index in [4.69, 9.17) is 5.73 Å². The van der Waals surface area contributed by atoms with E-state index in [1.807, 2.05) is 0 Å². The largest absolute Gasteiger partial charge is 0.328 e. The average molecular weight is 147 g/mol. The van der Waals surface area contributed by atoms with Crippen molar-refractivity contribution in [1.82, 2.24) is 0 Å². The van der Waals surface area contributed by atoms with Crippen LogP contribution in [0.4, 0.5) is 0 Å². The van der Waals surface area contributed by atoms with Crippen molar-refractivity contribution < 1.29 is 0 Å². The highest BCUT2D eigenvalue weighted by atomic mass is 31.0. The maximum atomic E-state index is 5.70. The van der Waals surface area contributed by atoms with Crippen LogP contribution in [0.3, 0.4) is 0 Å². The van der Waals surface area contributed by atoms with Gasteiger partial charge in [0.05, 0.1) is 0 Å². The van der Waals surface area contributed by atoms with Gasteiger partial charge in [0, 0.05) is 6.04 Å². The van der Waals surface area contributed by atoms with Crippen molar-refractivity contribution in [1.29, 1.82) is 0 Å². The summed E-state index contributed by atoms with van der Waals surface area (Å²) >= 11 is 0. The molecule has 0 saturated heterocycles. The Labute approximate surface area is 60.6 Å². The van der Waals surface area contributed by atoms with Crippen LogP contribution in [0, 0.1) is 5.92 Å². The maximum Gasteiger partial charge on any atom is 0.00419 e. The molecule has 0 fully saturated rings. The summed E-state index contributed by atoms with van der Waals surface area (Å²) in [5, 5.41) is 0. The average Bonchev–Trinajstić information content (AvgIpc) is 1.84. The molecule has 0 radical (unpaired) electrons. The molecule has 4 unspecified atom stereocenters. The summed E-state index contributed by atoms with van der Waals surface area (Å²) in [6.45, 7) is 6.46. The second-order valence-electron chi connectivity index (χ2n) is 2.79. The molecule has 0 bridgehead atoms. The Morgan fingerprint density at radius 1 is 1.44 bits per heavy atom. The summed E-state index contributed by atoms with van der Waals surface area (Å²) in [6, 6.07) is 0.326. The molecular weight excluding hydrogens is 129 g/mol. The number of nitrogens with two attached hydrogens (primary N) is 1. The van der Waals surface area contributed by atoms with E-state index in [0.717, 1.165) is 0 Å². The molecule has 0 aliphatic carbocycles. The molecule has 2 N–H and O–H groups in total. The van der Waals surface area contributed by atoms with Crippen LogP contribution >= 0.6 is 9.24 Å². The molecule has 2 heteroatoms. The normalized spacial score (nSPS) is 21.0. The molecule has 0 aromatic rings. The van der Waals surface area contributed by atoms with Gasteiger partial charge in [-0.3, -0.25) is 0 Å². The standard InChI is InChI=1S/C7H18NP/c1-4-7(9)5(2)6(3)8/h5-7H,4,8-9H2,1-3H3. The molecule has 0 aliphatic rings. The lowest BCUT2D eigenvalue weighted by atomic mass is 9.99. The highest BCUT2D eigenvalue weighted by Crippen LogP contribution is 2.18. The molecule has 0 aliphatic heterocycles. The van der Waals surface area contributed by atoms with E-state index in [1.54, 1.807) is 0 Å². The van der Waals surface area contributed by atoms with Crippen molar-refractivity contribution in [3.63, 3.8) is 0 Å². The number of rotatable bonds is 3. The fraction of sp³-hybridized carbons (Fsp3) is 1.00. The molecule has 1 nitrogen and oxygen atoms in total. The summed E-state index contributed by atoms with van der Waals surface area (Å²) in [4.78, 5) is 0. The summed E-state index contributed by atoms with van der Waals surface area (Å²) < 4.78 is 0. The van der Waals surface area contributed by atoms with Gasteiger partial charge in [-0.1, -0.05) is 13.8 Å². The van der Waals surface area contributed by atoms with Crippen molar-refractivity contribution >= 4 is 9.24 Å². The van der Waals surface area contributed by atoms with Crippen LogP contribution in [0.15, 0.2) is 0 Å². The van der Waals surface area contributed by atoms with Gasteiger partial charge in [-0.05, 0) is 24.9 Å². The van der Waals surface area contributed by atoms with Gasteiger partial charge in [0.25, 0.3) is 0 Å². The fourth-order valence-electron chi connectivity index (χ4n) is 0.762. The van der Waals surface area contributed by atoms with Crippen LogP contribution in [0.2, 0.25) is 0 Å². The molecule has 4 atom stereocenters. The van der Waals surface area contributed by atoms with Gasteiger partial charge in [0.15, 0.2) is 0 Å². The Bertz CT molecular complexity index is 73.3. The lowest BCUT2D eigenvalue weighted by molar-refractivity contribution is 0.457. The Balaban J connectivity index is 3.58. The topological polar surface area (TPSA) is 26.0 Å². The van der Waals surface area contributed by atoms with Gasteiger partial charge < -0.3 is 5.73 Å². The molecule has 56 valence electrons. The van der Waals surface area contributed by atoms with E-state index in [2.05, 4.69) is 30.0 Å². The van der Waals surface area contributed by atoms with E-state index in [9.17, 15) is 0 Å². The van der Waals surface area contributed by atoms with Gasteiger partial charge >= 0.3 is 0 Å². The fourth-order valence-corrected chi connectivity index (χ4v) is 1.11. The van der Waals surface area contributed by atoms with E-state index in [0.29, 0.717) is 17.6 Å². The molecule has 0 heterocycles. The van der Waals surface area contributed by atoms with Crippen LogP contribution in [0.5, 0.6) is 0 Å². The van der Waals surface area contributed by atoms with Crippen molar-refractivity contribution in [2.75, 3.05) is 0 Å². The second kappa shape index (κ2) is 4.24. The Morgan fingerprint density at radius 2 is 1.89 bits per heavy atom. The summed E-state index contributed by atoms with van der Waals surface area (Å²) in [5.41, 5.74) is 6.38. The maximum absolute atomic E-state index is 5.70. The molecular formula is C7H18NP. The van der Waals surface area contributed by atoms with Crippen molar-refractivity contribution in [3.05, 3.63) is 0 Å². The third-order valence-corrected chi connectivity index (χ3v) is 3.05. The van der Waals surface area contributed by atoms with Crippen molar-refractivity contribution in [2.45, 2.75) is 38.9 Å². The van der Waals surface area contributed by atoms with Gasteiger partial charge in [0.1, 0.15) is 0 Å². The molecule has 0 spiro atoms. The predicted octanol–water partition coefficient (Wildman–Crippen LogP) is 1.62. The van der Waals surface area contributed by atoms with E-state index < -0.39 is 0 Å². The minimum Gasteiger partial charge on any atom is -0.328 e. The minimum absolute atomic E-state index is 0.326. The van der Waals surface area contributed by atoms with Crippen molar-refractivity contribution in [3.8, 4) is 0 Å². The zero-order valence-corrected chi connectivity index (χ0v) is 7.75. The zero-order valence-electron chi connectivity index (χ0n) is 6.59. The lowest BCUT2D eigenvalue weighted by Crippen LogP contribution is -2.30. The molecule has 0 amide bonds.